The minimum absolute atomic E-state index is 0.100. The molecule has 42 heavy (non-hydrogen) atoms. The highest BCUT2D eigenvalue weighted by atomic mass is 35.5. The number of anilines is 2. The molecule has 2 aliphatic rings. The predicted molar refractivity (Wildman–Crippen MR) is 164 cm³/mol. The van der Waals surface area contributed by atoms with E-state index in [1.165, 1.54) is 11.0 Å². The number of benzene rings is 3. The number of nitrogens with one attached hydrogen (secondary N) is 3. The van der Waals surface area contributed by atoms with Gasteiger partial charge in [0.25, 0.3) is 5.91 Å². The van der Waals surface area contributed by atoms with Gasteiger partial charge in [-0.3, -0.25) is 14.4 Å². The average Bonchev–Trinajstić information content (AvgIpc) is 3.39. The highest BCUT2D eigenvalue weighted by Gasteiger charge is 2.66. The second-order valence-electron chi connectivity index (χ2n) is 12.4. The van der Waals surface area contributed by atoms with Crippen molar-refractivity contribution in [1.29, 1.82) is 0 Å². The Kier molecular flexibility index (Phi) is 7.85. The van der Waals surface area contributed by atoms with Crippen molar-refractivity contribution < 1.29 is 18.8 Å². The lowest BCUT2D eigenvalue weighted by atomic mass is 9.62. The molecule has 1 spiro atoms. The Balaban J connectivity index is 1.65. The third kappa shape index (κ3) is 5.16. The van der Waals surface area contributed by atoms with E-state index in [2.05, 4.69) is 36.7 Å². The van der Waals surface area contributed by atoms with Crippen LogP contribution >= 0.6 is 23.2 Å². The number of amides is 3. The summed E-state index contributed by atoms with van der Waals surface area (Å²) in [7, 11) is 3.32. The topological polar surface area (TPSA) is 90.5 Å². The Morgan fingerprint density at radius 1 is 1.05 bits per heavy atom. The first-order valence-electron chi connectivity index (χ1n) is 13.7. The summed E-state index contributed by atoms with van der Waals surface area (Å²) in [5, 5.41) is 9.68. The van der Waals surface area contributed by atoms with Crippen LogP contribution < -0.4 is 16.0 Å². The van der Waals surface area contributed by atoms with E-state index in [1.54, 1.807) is 68.7 Å². The molecule has 7 nitrogen and oxygen atoms in total. The Labute approximate surface area is 254 Å². The fraction of sp³-hybridized carbons (Fsp3) is 0.344. The summed E-state index contributed by atoms with van der Waals surface area (Å²) in [5.74, 6) is -2.59. The van der Waals surface area contributed by atoms with E-state index >= 15 is 4.39 Å². The number of fused-ring (bicyclic) bond motifs is 2. The van der Waals surface area contributed by atoms with Crippen LogP contribution in [0.25, 0.3) is 0 Å². The number of carbonyl (C=O) groups is 3. The summed E-state index contributed by atoms with van der Waals surface area (Å²) in [6, 6.07) is 14.8. The van der Waals surface area contributed by atoms with Crippen molar-refractivity contribution in [2.24, 2.45) is 5.41 Å². The fourth-order valence-electron chi connectivity index (χ4n) is 6.33. The van der Waals surface area contributed by atoms with Crippen LogP contribution in [-0.2, 0) is 15.0 Å². The molecule has 0 radical (unpaired) electrons. The standard InChI is InChI=1S/C32H33Cl2FN4O3/c1-31(2,3)16-24-32(21-14-11-18(33)15-23(21)37-30(32)42)25(20-7-6-8-22(34)26(20)35)27(38-24)28(40)36-19-12-9-17(10-13-19)29(41)39(4)5/h6-15,24-25,27,38H,16H2,1-5H3,(H,36,40)(H,37,42)/t24-,25-,27+,32+/m1/s1. The minimum atomic E-state index is -1.34. The van der Waals surface area contributed by atoms with E-state index in [9.17, 15) is 14.4 Å². The van der Waals surface area contributed by atoms with Gasteiger partial charge in [0.15, 0.2) is 0 Å². The summed E-state index contributed by atoms with van der Waals surface area (Å²) < 4.78 is 15.9. The minimum Gasteiger partial charge on any atom is -0.345 e. The van der Waals surface area contributed by atoms with Gasteiger partial charge >= 0.3 is 0 Å². The molecule has 2 aliphatic heterocycles. The van der Waals surface area contributed by atoms with Crippen molar-refractivity contribution >= 4 is 52.3 Å². The third-order valence-corrected chi connectivity index (χ3v) is 8.55. The zero-order valence-corrected chi connectivity index (χ0v) is 25.5. The Morgan fingerprint density at radius 2 is 1.74 bits per heavy atom. The van der Waals surface area contributed by atoms with Crippen molar-refractivity contribution in [3.05, 3.63) is 93.2 Å². The average molecular weight is 612 g/mol. The van der Waals surface area contributed by atoms with Gasteiger partial charge < -0.3 is 20.9 Å². The molecule has 4 atom stereocenters. The Bertz CT molecular complexity index is 1570. The zero-order valence-electron chi connectivity index (χ0n) is 24.0. The lowest BCUT2D eigenvalue weighted by Crippen LogP contribution is -2.49. The molecular formula is C32H33Cl2FN4O3. The van der Waals surface area contributed by atoms with Crippen molar-refractivity contribution in [2.75, 3.05) is 24.7 Å². The number of hydrogen-bond acceptors (Lipinski definition) is 4. The summed E-state index contributed by atoms with van der Waals surface area (Å²) >= 11 is 12.6. The van der Waals surface area contributed by atoms with Crippen LogP contribution in [0.3, 0.4) is 0 Å². The maximum absolute atomic E-state index is 15.9. The van der Waals surface area contributed by atoms with Crippen LogP contribution in [0.15, 0.2) is 60.7 Å². The molecule has 0 bridgehead atoms. The first-order chi connectivity index (χ1) is 19.7. The zero-order chi connectivity index (χ0) is 30.6. The quantitative estimate of drug-likeness (QED) is 0.320. The van der Waals surface area contributed by atoms with Gasteiger partial charge in [-0.05, 0) is 65.4 Å². The molecule has 1 fully saturated rings. The summed E-state index contributed by atoms with van der Waals surface area (Å²) in [6.45, 7) is 6.16. The van der Waals surface area contributed by atoms with Gasteiger partial charge in [-0.25, -0.2) is 4.39 Å². The van der Waals surface area contributed by atoms with Crippen molar-refractivity contribution in [2.45, 2.75) is 50.6 Å². The molecule has 0 unspecified atom stereocenters. The lowest BCUT2D eigenvalue weighted by Gasteiger charge is -2.37. The fourth-order valence-corrected chi connectivity index (χ4v) is 6.68. The number of carbonyl (C=O) groups excluding carboxylic acids is 3. The van der Waals surface area contributed by atoms with E-state index in [1.807, 2.05) is 0 Å². The molecular weight excluding hydrogens is 578 g/mol. The number of hydrogen-bond donors (Lipinski definition) is 3. The number of rotatable bonds is 5. The van der Waals surface area contributed by atoms with Gasteiger partial charge in [-0.15, -0.1) is 0 Å². The van der Waals surface area contributed by atoms with E-state index in [0.29, 0.717) is 33.9 Å². The molecule has 10 heteroatoms. The number of halogens is 3. The van der Waals surface area contributed by atoms with Gasteiger partial charge in [0.2, 0.25) is 11.8 Å². The first kappa shape index (κ1) is 30.0. The third-order valence-electron chi connectivity index (χ3n) is 8.03. The van der Waals surface area contributed by atoms with Crippen LogP contribution in [-0.4, -0.2) is 48.8 Å². The molecule has 3 aromatic rings. The highest BCUT2D eigenvalue weighted by molar-refractivity contribution is 6.31. The van der Waals surface area contributed by atoms with E-state index < -0.39 is 35.1 Å². The molecule has 0 aromatic heterocycles. The normalized spacial score (nSPS) is 23.0. The molecule has 2 heterocycles. The van der Waals surface area contributed by atoms with Crippen LogP contribution in [0.5, 0.6) is 0 Å². The summed E-state index contributed by atoms with van der Waals surface area (Å²) in [6.07, 6.45) is 0.506. The second-order valence-corrected chi connectivity index (χ2v) is 13.2. The Hall–Kier alpha value is -3.46. The van der Waals surface area contributed by atoms with Gasteiger partial charge in [0.05, 0.1) is 11.1 Å². The maximum Gasteiger partial charge on any atom is 0.253 e. The van der Waals surface area contributed by atoms with Crippen molar-refractivity contribution in [1.82, 2.24) is 10.2 Å². The molecule has 0 aliphatic carbocycles. The largest absolute Gasteiger partial charge is 0.345 e. The first-order valence-corrected chi connectivity index (χ1v) is 14.4. The van der Waals surface area contributed by atoms with Gasteiger partial charge in [-0.1, -0.05) is 62.2 Å². The van der Waals surface area contributed by atoms with Crippen LogP contribution in [0.4, 0.5) is 15.8 Å². The molecule has 3 aromatic carbocycles. The van der Waals surface area contributed by atoms with Gasteiger partial charge in [-0.2, -0.15) is 0 Å². The maximum atomic E-state index is 15.9. The van der Waals surface area contributed by atoms with Gasteiger partial charge in [0, 0.05) is 48.0 Å². The predicted octanol–water partition coefficient (Wildman–Crippen LogP) is 6.22. The van der Waals surface area contributed by atoms with Crippen LogP contribution in [0.1, 0.15) is 54.6 Å². The van der Waals surface area contributed by atoms with E-state index in [-0.39, 0.29) is 27.8 Å². The highest BCUT2D eigenvalue weighted by Crippen LogP contribution is 2.57. The van der Waals surface area contributed by atoms with Crippen LogP contribution in [0, 0.1) is 11.2 Å². The van der Waals surface area contributed by atoms with Crippen LogP contribution in [0.2, 0.25) is 10.0 Å². The molecule has 1 saturated heterocycles. The van der Waals surface area contributed by atoms with E-state index in [0.717, 1.165) is 0 Å². The van der Waals surface area contributed by atoms with E-state index in [4.69, 9.17) is 23.2 Å². The molecule has 3 N–H and O–H groups in total. The van der Waals surface area contributed by atoms with Gasteiger partial charge in [0.1, 0.15) is 11.2 Å². The molecule has 5 rings (SSSR count). The van der Waals surface area contributed by atoms with Crippen molar-refractivity contribution in [3.8, 4) is 0 Å². The number of nitrogens with zero attached hydrogens (tertiary/aromatic N) is 1. The van der Waals surface area contributed by atoms with Crippen molar-refractivity contribution in [3.63, 3.8) is 0 Å². The molecule has 3 amide bonds. The molecule has 220 valence electrons. The Morgan fingerprint density at radius 3 is 2.38 bits per heavy atom. The second kappa shape index (κ2) is 11.0. The summed E-state index contributed by atoms with van der Waals surface area (Å²) in [4.78, 5) is 42.1. The molecule has 0 saturated carbocycles. The summed E-state index contributed by atoms with van der Waals surface area (Å²) in [5.41, 5.74) is 0.668. The monoisotopic (exact) mass is 610 g/mol. The SMILES string of the molecule is CN(C)C(=O)c1ccc(NC(=O)[C@H]2N[C@H](CC(C)(C)C)[C@]3(C(=O)Nc4cc(Cl)ccc43)[C@@H]2c2cccc(Cl)c2F)cc1. The lowest BCUT2D eigenvalue weighted by molar-refractivity contribution is -0.122. The smallest absolute Gasteiger partial charge is 0.253 e.